The van der Waals surface area contributed by atoms with Crippen molar-refractivity contribution < 1.29 is 9.90 Å². The van der Waals surface area contributed by atoms with Crippen molar-refractivity contribution in [3.8, 4) is 0 Å². The van der Waals surface area contributed by atoms with E-state index in [1.54, 1.807) is 0 Å². The van der Waals surface area contributed by atoms with Crippen LogP contribution in [-0.2, 0) is 4.79 Å². The van der Waals surface area contributed by atoms with E-state index in [2.05, 4.69) is 0 Å². The first kappa shape index (κ1) is 6.53. The third-order valence-corrected chi connectivity index (χ3v) is 4.11. The predicted octanol–water partition coefficient (Wildman–Crippen LogP) is 1.36. The summed E-state index contributed by atoms with van der Waals surface area (Å²) in [7, 11) is 0. The molecule has 0 unspecified atom stereocenters. The Morgan fingerprint density at radius 2 is 2.20 bits per heavy atom. The second kappa shape index (κ2) is 1.91. The maximum Gasteiger partial charge on any atom is 0.306 e. The molecule has 1 aliphatic heterocycles. The molecule has 1 aliphatic carbocycles. The number of carboxylic acids is 1. The highest BCUT2D eigenvalue weighted by Gasteiger charge is 2.51. The summed E-state index contributed by atoms with van der Waals surface area (Å²) < 4.78 is 0.434. The standard InChI is InChI=1S/C7H10O2S/c8-6(9)5-3-7(4-5)1-2-10-7/h5H,1-4H2,(H,8,9). The Hall–Kier alpha value is -0.180. The SMILES string of the molecule is O=C(O)C1CC2(CCS2)C1. The molecule has 3 heteroatoms. The van der Waals surface area contributed by atoms with E-state index in [0.29, 0.717) is 4.75 Å². The molecule has 0 bridgehead atoms. The van der Waals surface area contributed by atoms with Gasteiger partial charge >= 0.3 is 5.97 Å². The van der Waals surface area contributed by atoms with E-state index in [-0.39, 0.29) is 5.92 Å². The molecule has 1 saturated carbocycles. The topological polar surface area (TPSA) is 37.3 Å². The summed E-state index contributed by atoms with van der Waals surface area (Å²) in [6.45, 7) is 0. The molecule has 0 aromatic heterocycles. The van der Waals surface area contributed by atoms with Crippen molar-refractivity contribution in [1.82, 2.24) is 0 Å². The maximum absolute atomic E-state index is 10.4. The summed E-state index contributed by atoms with van der Waals surface area (Å²) in [5.41, 5.74) is 0. The van der Waals surface area contributed by atoms with Crippen LogP contribution in [0.5, 0.6) is 0 Å². The first-order valence-corrected chi connectivity index (χ1v) is 4.57. The zero-order valence-electron chi connectivity index (χ0n) is 5.67. The van der Waals surface area contributed by atoms with Crippen LogP contribution in [0.4, 0.5) is 0 Å². The lowest BCUT2D eigenvalue weighted by Gasteiger charge is -2.51. The summed E-state index contributed by atoms with van der Waals surface area (Å²) in [6.07, 6.45) is 3.10. The molecule has 0 radical (unpaired) electrons. The molecule has 56 valence electrons. The summed E-state index contributed by atoms with van der Waals surface area (Å²) in [5, 5.41) is 8.58. The second-order valence-corrected chi connectivity index (χ2v) is 4.79. The largest absolute Gasteiger partial charge is 0.481 e. The van der Waals surface area contributed by atoms with Crippen molar-refractivity contribution in [3.63, 3.8) is 0 Å². The fourth-order valence-corrected chi connectivity index (χ4v) is 3.15. The highest BCUT2D eigenvalue weighted by molar-refractivity contribution is 8.02. The van der Waals surface area contributed by atoms with Crippen LogP contribution in [0.3, 0.4) is 0 Å². The van der Waals surface area contributed by atoms with Gasteiger partial charge in [-0.05, 0) is 25.0 Å². The summed E-state index contributed by atoms with van der Waals surface area (Å²) in [4.78, 5) is 10.4. The lowest BCUT2D eigenvalue weighted by Crippen LogP contribution is -2.49. The van der Waals surface area contributed by atoms with Crippen LogP contribution >= 0.6 is 11.8 Å². The van der Waals surface area contributed by atoms with Gasteiger partial charge < -0.3 is 5.11 Å². The van der Waals surface area contributed by atoms with Gasteiger partial charge in [0.15, 0.2) is 0 Å². The minimum Gasteiger partial charge on any atom is -0.481 e. The van der Waals surface area contributed by atoms with E-state index in [4.69, 9.17) is 5.11 Å². The van der Waals surface area contributed by atoms with Gasteiger partial charge in [-0.25, -0.2) is 0 Å². The Labute approximate surface area is 64.0 Å². The number of hydrogen-bond acceptors (Lipinski definition) is 2. The van der Waals surface area contributed by atoms with E-state index < -0.39 is 5.97 Å². The van der Waals surface area contributed by atoms with E-state index >= 15 is 0 Å². The van der Waals surface area contributed by atoms with Gasteiger partial charge in [0, 0.05) is 4.75 Å². The molecule has 0 aromatic carbocycles. The van der Waals surface area contributed by atoms with E-state index in [0.717, 1.165) is 12.8 Å². The smallest absolute Gasteiger partial charge is 0.306 e. The van der Waals surface area contributed by atoms with Gasteiger partial charge in [-0.2, -0.15) is 11.8 Å². The second-order valence-electron chi connectivity index (χ2n) is 3.22. The zero-order valence-corrected chi connectivity index (χ0v) is 6.49. The van der Waals surface area contributed by atoms with Crippen LogP contribution in [0.15, 0.2) is 0 Å². The maximum atomic E-state index is 10.4. The molecule has 1 spiro atoms. The molecule has 1 saturated heterocycles. The predicted molar refractivity (Wildman–Crippen MR) is 40.2 cm³/mol. The molecule has 2 aliphatic rings. The van der Waals surface area contributed by atoms with Gasteiger partial charge in [0.2, 0.25) is 0 Å². The van der Waals surface area contributed by atoms with E-state index in [1.807, 2.05) is 11.8 Å². The Morgan fingerprint density at radius 3 is 2.50 bits per heavy atom. The molecule has 10 heavy (non-hydrogen) atoms. The highest BCUT2D eigenvalue weighted by atomic mass is 32.2. The molecule has 1 heterocycles. The molecule has 2 nitrogen and oxygen atoms in total. The van der Waals surface area contributed by atoms with Gasteiger partial charge in [-0.15, -0.1) is 0 Å². The molecule has 0 atom stereocenters. The first-order valence-electron chi connectivity index (χ1n) is 3.59. The van der Waals surface area contributed by atoms with Crippen LogP contribution in [-0.4, -0.2) is 21.6 Å². The van der Waals surface area contributed by atoms with Gasteiger partial charge in [-0.3, -0.25) is 4.79 Å². The fourth-order valence-electron chi connectivity index (χ4n) is 1.73. The van der Waals surface area contributed by atoms with E-state index in [9.17, 15) is 4.79 Å². The van der Waals surface area contributed by atoms with Crippen LogP contribution in [0.1, 0.15) is 19.3 Å². The Balaban J connectivity index is 1.88. The van der Waals surface area contributed by atoms with Crippen molar-refractivity contribution in [3.05, 3.63) is 0 Å². The monoisotopic (exact) mass is 158 g/mol. The molecular formula is C7H10O2S. The number of thioether (sulfide) groups is 1. The third kappa shape index (κ3) is 0.764. The average molecular weight is 158 g/mol. The van der Waals surface area contributed by atoms with Crippen molar-refractivity contribution in [1.29, 1.82) is 0 Å². The molecule has 2 fully saturated rings. The average Bonchev–Trinajstić information content (AvgIpc) is 1.54. The summed E-state index contributed by atoms with van der Waals surface area (Å²) in [5.74, 6) is 0.623. The number of carboxylic acid groups (broad SMARTS) is 1. The lowest BCUT2D eigenvalue weighted by molar-refractivity contribution is -0.145. The van der Waals surface area contributed by atoms with Crippen LogP contribution in [0.2, 0.25) is 0 Å². The third-order valence-electron chi connectivity index (χ3n) is 2.55. The van der Waals surface area contributed by atoms with Gasteiger partial charge in [0.1, 0.15) is 0 Å². The minimum absolute atomic E-state index is 0.0206. The van der Waals surface area contributed by atoms with Gasteiger partial charge in [0.25, 0.3) is 0 Å². The number of hydrogen-bond donors (Lipinski definition) is 1. The minimum atomic E-state index is -0.599. The quantitative estimate of drug-likeness (QED) is 0.626. The van der Waals surface area contributed by atoms with Crippen LogP contribution < -0.4 is 0 Å². The van der Waals surface area contributed by atoms with Crippen LogP contribution in [0, 0.1) is 5.92 Å². The van der Waals surface area contributed by atoms with Crippen molar-refractivity contribution >= 4 is 17.7 Å². The summed E-state index contributed by atoms with van der Waals surface area (Å²) >= 11 is 1.95. The van der Waals surface area contributed by atoms with Crippen molar-refractivity contribution in [2.45, 2.75) is 24.0 Å². The number of aliphatic carboxylic acids is 1. The summed E-state index contributed by atoms with van der Waals surface area (Å²) in [6, 6.07) is 0. The zero-order chi connectivity index (χ0) is 7.19. The molecule has 0 amide bonds. The van der Waals surface area contributed by atoms with Crippen molar-refractivity contribution in [2.24, 2.45) is 5.92 Å². The first-order chi connectivity index (χ1) is 4.72. The Bertz CT molecular complexity index is 166. The van der Waals surface area contributed by atoms with Crippen molar-refractivity contribution in [2.75, 3.05) is 5.75 Å². The molecule has 2 rings (SSSR count). The van der Waals surface area contributed by atoms with E-state index in [1.165, 1.54) is 12.2 Å². The molecule has 1 N–H and O–H groups in total. The normalized spacial score (nSPS) is 44.2. The van der Waals surface area contributed by atoms with Gasteiger partial charge in [0.05, 0.1) is 5.92 Å². The fraction of sp³-hybridized carbons (Fsp3) is 0.857. The lowest BCUT2D eigenvalue weighted by atomic mass is 9.72. The Morgan fingerprint density at radius 1 is 1.60 bits per heavy atom. The number of rotatable bonds is 1. The molecule has 0 aromatic rings. The number of carbonyl (C=O) groups is 1. The molecular weight excluding hydrogens is 148 g/mol. The Kier molecular flexibility index (Phi) is 1.24. The van der Waals surface area contributed by atoms with Gasteiger partial charge in [-0.1, -0.05) is 0 Å². The van der Waals surface area contributed by atoms with Crippen LogP contribution in [0.25, 0.3) is 0 Å². The highest BCUT2D eigenvalue weighted by Crippen LogP contribution is 2.57.